The number of ether oxygens (including phenoxy) is 1. The lowest BCUT2D eigenvalue weighted by Gasteiger charge is -2.20. The van der Waals surface area contributed by atoms with E-state index in [1.165, 1.54) is 17.1 Å². The largest absolute Gasteiger partial charge is 0.497 e. The van der Waals surface area contributed by atoms with Gasteiger partial charge in [-0.15, -0.1) is 5.10 Å². The Morgan fingerprint density at radius 3 is 3.15 bits per heavy atom. The van der Waals surface area contributed by atoms with Crippen molar-refractivity contribution in [2.24, 2.45) is 0 Å². The van der Waals surface area contributed by atoms with Gasteiger partial charge in [0.15, 0.2) is 0 Å². The molecule has 2 aromatic rings. The molecule has 1 unspecified atom stereocenters. The first-order valence-corrected chi connectivity index (χ1v) is 6.40. The van der Waals surface area contributed by atoms with Gasteiger partial charge in [0.25, 0.3) is 0 Å². The fourth-order valence-electron chi connectivity index (χ4n) is 2.03. The van der Waals surface area contributed by atoms with Crippen LogP contribution in [0.3, 0.4) is 0 Å². The van der Waals surface area contributed by atoms with Gasteiger partial charge in [0.1, 0.15) is 18.2 Å². The van der Waals surface area contributed by atoms with E-state index >= 15 is 0 Å². The van der Waals surface area contributed by atoms with Crippen LogP contribution >= 0.6 is 0 Å². The lowest BCUT2D eigenvalue weighted by molar-refractivity contribution is 0.135. The summed E-state index contributed by atoms with van der Waals surface area (Å²) in [7, 11) is 0. The van der Waals surface area contributed by atoms with Crippen LogP contribution in [0, 0.1) is 5.82 Å². The zero-order valence-electron chi connectivity index (χ0n) is 10.7. The average Bonchev–Trinajstić information content (AvgIpc) is 3.02. The van der Waals surface area contributed by atoms with Crippen molar-refractivity contribution in [3.63, 3.8) is 0 Å². The molecule has 0 amide bonds. The molecule has 1 aromatic heterocycles. The van der Waals surface area contributed by atoms with E-state index in [0.29, 0.717) is 17.9 Å². The number of allylic oxidation sites excluding steroid dienone is 1. The number of anilines is 1. The molecule has 20 heavy (non-hydrogen) atoms. The molecule has 2 heterocycles. The topological polar surface area (TPSA) is 64.9 Å². The summed E-state index contributed by atoms with van der Waals surface area (Å²) in [5.74, 6) is -0.312. The molecule has 0 saturated carbocycles. The van der Waals surface area contributed by atoms with E-state index in [0.717, 1.165) is 12.8 Å². The summed E-state index contributed by atoms with van der Waals surface area (Å²) in [5.41, 5.74) is 1.11. The van der Waals surface area contributed by atoms with E-state index in [1.807, 2.05) is 6.08 Å². The monoisotopic (exact) mass is 275 g/mol. The van der Waals surface area contributed by atoms with Crippen LogP contribution in [0.5, 0.6) is 0 Å². The summed E-state index contributed by atoms with van der Waals surface area (Å²) in [6.07, 6.45) is 7.12. The smallest absolute Gasteiger partial charge is 0.146 e. The Balaban J connectivity index is 1.72. The third kappa shape index (κ3) is 2.76. The lowest BCUT2D eigenvalue weighted by atomic mass is 10.1. The zero-order chi connectivity index (χ0) is 13.8. The van der Waals surface area contributed by atoms with Gasteiger partial charge >= 0.3 is 0 Å². The van der Waals surface area contributed by atoms with Crippen LogP contribution in [0.1, 0.15) is 12.8 Å². The van der Waals surface area contributed by atoms with Crippen LogP contribution in [0.15, 0.2) is 36.9 Å². The van der Waals surface area contributed by atoms with E-state index in [9.17, 15) is 4.39 Å². The Hall–Kier alpha value is -2.44. The molecule has 1 aliphatic heterocycles. The molecule has 0 saturated heterocycles. The predicted octanol–water partition coefficient (Wildman–Crippen LogP) is 1.91. The first kappa shape index (κ1) is 12.6. The van der Waals surface area contributed by atoms with Crippen LogP contribution in [-0.2, 0) is 4.74 Å². The average molecular weight is 275 g/mol. The van der Waals surface area contributed by atoms with Gasteiger partial charge in [-0.3, -0.25) is 0 Å². The maximum atomic E-state index is 13.8. The number of nitrogens with one attached hydrogen (secondary N) is 1. The van der Waals surface area contributed by atoms with Gasteiger partial charge < -0.3 is 10.1 Å². The molecule has 6 nitrogen and oxygen atoms in total. The van der Waals surface area contributed by atoms with E-state index < -0.39 is 0 Å². The summed E-state index contributed by atoms with van der Waals surface area (Å²) in [6, 6.07) is 4.68. The second-order valence-corrected chi connectivity index (χ2v) is 4.51. The van der Waals surface area contributed by atoms with Crippen LogP contribution in [0.2, 0.25) is 0 Å². The Morgan fingerprint density at radius 2 is 2.40 bits per heavy atom. The van der Waals surface area contributed by atoms with Crippen LogP contribution in [0.4, 0.5) is 10.1 Å². The molecule has 104 valence electrons. The van der Waals surface area contributed by atoms with E-state index in [4.69, 9.17) is 4.74 Å². The summed E-state index contributed by atoms with van der Waals surface area (Å²) >= 11 is 0. The Labute approximate surface area is 115 Å². The molecular formula is C13H14FN5O. The van der Waals surface area contributed by atoms with Gasteiger partial charge in [0, 0.05) is 0 Å². The molecule has 1 atom stereocenters. The van der Waals surface area contributed by atoms with Crippen molar-refractivity contribution in [2.45, 2.75) is 18.9 Å². The number of aromatic nitrogens is 4. The highest BCUT2D eigenvalue weighted by Gasteiger charge is 2.12. The third-order valence-electron chi connectivity index (χ3n) is 3.11. The van der Waals surface area contributed by atoms with Crippen molar-refractivity contribution in [2.75, 3.05) is 11.9 Å². The molecule has 1 aliphatic rings. The van der Waals surface area contributed by atoms with Crippen molar-refractivity contribution in [3.8, 4) is 5.69 Å². The standard InChI is InChI=1S/C13H14FN5O/c14-12-5-4-10(19-9-16-17-18-19)7-13(12)15-8-11-3-1-2-6-20-11/h2,4-7,9,11,15H,1,3,8H2. The maximum Gasteiger partial charge on any atom is 0.146 e. The minimum absolute atomic E-state index is 0.0658. The van der Waals surface area contributed by atoms with E-state index in [2.05, 4.69) is 20.8 Å². The van der Waals surface area contributed by atoms with Gasteiger partial charge in [-0.2, -0.15) is 0 Å². The number of hydrogen-bond acceptors (Lipinski definition) is 5. The number of rotatable bonds is 4. The summed E-state index contributed by atoms with van der Waals surface area (Å²) < 4.78 is 20.7. The quantitative estimate of drug-likeness (QED) is 0.923. The Bertz CT molecular complexity index is 599. The molecule has 0 spiro atoms. The fraction of sp³-hybridized carbons (Fsp3) is 0.308. The molecule has 0 radical (unpaired) electrons. The van der Waals surface area contributed by atoms with Crippen LogP contribution in [0.25, 0.3) is 5.69 Å². The highest BCUT2D eigenvalue weighted by molar-refractivity contribution is 5.52. The van der Waals surface area contributed by atoms with Crippen molar-refractivity contribution in [1.29, 1.82) is 0 Å². The minimum atomic E-state index is -0.312. The first-order valence-electron chi connectivity index (χ1n) is 6.40. The van der Waals surface area contributed by atoms with Gasteiger partial charge in [-0.1, -0.05) is 0 Å². The van der Waals surface area contributed by atoms with Crippen molar-refractivity contribution in [1.82, 2.24) is 20.2 Å². The van der Waals surface area contributed by atoms with Crippen molar-refractivity contribution < 1.29 is 9.13 Å². The molecule has 3 rings (SSSR count). The van der Waals surface area contributed by atoms with Gasteiger partial charge in [-0.25, -0.2) is 9.07 Å². The highest BCUT2D eigenvalue weighted by Crippen LogP contribution is 2.19. The molecule has 0 fully saturated rings. The Kier molecular flexibility index (Phi) is 3.58. The highest BCUT2D eigenvalue weighted by atomic mass is 19.1. The van der Waals surface area contributed by atoms with E-state index in [1.54, 1.807) is 18.4 Å². The van der Waals surface area contributed by atoms with Crippen molar-refractivity contribution >= 4 is 5.69 Å². The van der Waals surface area contributed by atoms with Crippen molar-refractivity contribution in [3.05, 3.63) is 42.7 Å². The van der Waals surface area contributed by atoms with Gasteiger partial charge in [0.05, 0.1) is 24.2 Å². The normalized spacial score (nSPS) is 17.8. The SMILES string of the molecule is Fc1ccc(-n2cnnn2)cc1NCC1CCC=CO1. The fourth-order valence-corrected chi connectivity index (χ4v) is 2.03. The number of nitrogens with zero attached hydrogens (tertiary/aromatic N) is 4. The van der Waals surface area contributed by atoms with E-state index in [-0.39, 0.29) is 11.9 Å². The molecule has 0 aliphatic carbocycles. The second-order valence-electron chi connectivity index (χ2n) is 4.51. The zero-order valence-corrected chi connectivity index (χ0v) is 10.7. The molecule has 7 heteroatoms. The second kappa shape index (κ2) is 5.68. The third-order valence-corrected chi connectivity index (χ3v) is 3.11. The first-order chi connectivity index (χ1) is 9.83. The van der Waals surface area contributed by atoms with Gasteiger partial charge in [-0.05, 0) is 47.5 Å². The molecule has 1 N–H and O–H groups in total. The predicted molar refractivity (Wildman–Crippen MR) is 70.8 cm³/mol. The maximum absolute atomic E-state index is 13.8. The summed E-state index contributed by atoms with van der Waals surface area (Å²) in [5, 5.41) is 14.0. The summed E-state index contributed by atoms with van der Waals surface area (Å²) in [4.78, 5) is 0. The molecule has 1 aromatic carbocycles. The minimum Gasteiger partial charge on any atom is -0.497 e. The number of halogens is 1. The lowest BCUT2D eigenvalue weighted by Crippen LogP contribution is -2.23. The number of tetrazole rings is 1. The van der Waals surface area contributed by atoms with Crippen LogP contribution < -0.4 is 5.32 Å². The molecular weight excluding hydrogens is 261 g/mol. The number of benzene rings is 1. The molecule has 0 bridgehead atoms. The summed E-state index contributed by atoms with van der Waals surface area (Å²) in [6.45, 7) is 0.556. The van der Waals surface area contributed by atoms with Crippen LogP contribution in [-0.4, -0.2) is 32.9 Å². The Morgan fingerprint density at radius 1 is 1.45 bits per heavy atom. The van der Waals surface area contributed by atoms with Gasteiger partial charge in [0.2, 0.25) is 0 Å². The number of hydrogen-bond donors (Lipinski definition) is 1.